The molecule has 0 bridgehead atoms. The number of amides is 1. The molecular formula is C17H19NO2S. The molecule has 2 aromatic carbocycles. The Balaban J connectivity index is 1.80. The second-order valence-corrected chi connectivity index (χ2v) is 5.79. The van der Waals surface area contributed by atoms with Gasteiger partial charge in [-0.2, -0.15) is 0 Å². The number of thioether (sulfide) groups is 1. The zero-order valence-electron chi connectivity index (χ0n) is 12.3. The van der Waals surface area contributed by atoms with Crippen LogP contribution in [-0.4, -0.2) is 25.3 Å². The monoisotopic (exact) mass is 301 g/mol. The van der Waals surface area contributed by atoms with Crippen molar-refractivity contribution in [2.45, 2.75) is 11.8 Å². The Kier molecular flexibility index (Phi) is 5.69. The highest BCUT2D eigenvalue weighted by Gasteiger charge is 2.10. The van der Waals surface area contributed by atoms with Crippen LogP contribution >= 0.6 is 11.8 Å². The van der Waals surface area contributed by atoms with E-state index in [1.165, 1.54) is 10.5 Å². The first-order chi connectivity index (χ1) is 10.2. The highest BCUT2D eigenvalue weighted by atomic mass is 32.2. The Hall–Kier alpha value is -1.94. The Morgan fingerprint density at radius 2 is 1.86 bits per heavy atom. The van der Waals surface area contributed by atoms with E-state index in [9.17, 15) is 4.79 Å². The topological polar surface area (TPSA) is 38.3 Å². The van der Waals surface area contributed by atoms with Gasteiger partial charge in [0.15, 0.2) is 0 Å². The summed E-state index contributed by atoms with van der Waals surface area (Å²) in [6, 6.07) is 15.6. The average molecular weight is 301 g/mol. The second kappa shape index (κ2) is 7.74. The van der Waals surface area contributed by atoms with Gasteiger partial charge in [0.25, 0.3) is 5.91 Å². The van der Waals surface area contributed by atoms with E-state index in [0.29, 0.717) is 17.9 Å². The van der Waals surface area contributed by atoms with Gasteiger partial charge in [-0.25, -0.2) is 0 Å². The minimum absolute atomic E-state index is 0.100. The molecule has 0 unspecified atom stereocenters. The zero-order valence-corrected chi connectivity index (χ0v) is 13.1. The first-order valence-electron chi connectivity index (χ1n) is 6.81. The third kappa shape index (κ3) is 4.53. The van der Waals surface area contributed by atoms with Crippen LogP contribution in [0.4, 0.5) is 0 Å². The van der Waals surface area contributed by atoms with E-state index in [1.807, 2.05) is 12.1 Å². The highest BCUT2D eigenvalue weighted by Crippen LogP contribution is 2.18. The summed E-state index contributed by atoms with van der Waals surface area (Å²) in [5, 5.41) is 2.92. The van der Waals surface area contributed by atoms with Gasteiger partial charge in [0, 0.05) is 17.2 Å². The van der Waals surface area contributed by atoms with Crippen LogP contribution in [0, 0.1) is 6.92 Å². The predicted octanol–water partition coefficient (Wildman–Crippen LogP) is 3.53. The lowest BCUT2D eigenvalue weighted by Crippen LogP contribution is -2.26. The van der Waals surface area contributed by atoms with E-state index < -0.39 is 0 Å². The van der Waals surface area contributed by atoms with Crippen molar-refractivity contribution in [1.29, 1.82) is 0 Å². The third-order valence-electron chi connectivity index (χ3n) is 3.03. The van der Waals surface area contributed by atoms with Crippen LogP contribution in [-0.2, 0) is 0 Å². The smallest absolute Gasteiger partial charge is 0.255 e. The van der Waals surface area contributed by atoms with Crippen molar-refractivity contribution in [1.82, 2.24) is 5.32 Å². The van der Waals surface area contributed by atoms with E-state index in [1.54, 1.807) is 31.0 Å². The molecule has 0 fully saturated rings. The molecule has 1 amide bonds. The largest absolute Gasteiger partial charge is 0.496 e. The first-order valence-corrected chi connectivity index (χ1v) is 7.80. The average Bonchev–Trinajstić information content (AvgIpc) is 2.53. The zero-order chi connectivity index (χ0) is 15.1. The summed E-state index contributed by atoms with van der Waals surface area (Å²) in [5.41, 5.74) is 1.82. The van der Waals surface area contributed by atoms with Crippen molar-refractivity contribution >= 4 is 17.7 Å². The number of hydrogen-bond acceptors (Lipinski definition) is 3. The number of para-hydroxylation sites is 1. The summed E-state index contributed by atoms with van der Waals surface area (Å²) < 4.78 is 5.19. The van der Waals surface area contributed by atoms with E-state index in [4.69, 9.17) is 4.74 Å². The van der Waals surface area contributed by atoms with Crippen LogP contribution in [0.5, 0.6) is 5.75 Å². The molecular weight excluding hydrogens is 282 g/mol. The standard InChI is InChI=1S/C17H19NO2S/c1-13-7-9-14(10-8-13)21-12-11-18-17(19)15-5-3-4-6-16(15)20-2/h3-10H,11-12H2,1-2H3,(H,18,19). The van der Waals surface area contributed by atoms with Crippen LogP contribution in [0.3, 0.4) is 0 Å². The van der Waals surface area contributed by atoms with Crippen molar-refractivity contribution < 1.29 is 9.53 Å². The maximum absolute atomic E-state index is 12.1. The summed E-state index contributed by atoms with van der Waals surface area (Å²) in [5.74, 6) is 1.34. The van der Waals surface area contributed by atoms with Gasteiger partial charge in [0.2, 0.25) is 0 Å². The normalized spacial score (nSPS) is 10.2. The molecule has 1 N–H and O–H groups in total. The van der Waals surface area contributed by atoms with Crippen LogP contribution in [0.15, 0.2) is 53.4 Å². The SMILES string of the molecule is COc1ccccc1C(=O)NCCSc1ccc(C)cc1. The summed E-state index contributed by atoms with van der Waals surface area (Å²) in [4.78, 5) is 13.3. The Morgan fingerprint density at radius 1 is 1.14 bits per heavy atom. The summed E-state index contributed by atoms with van der Waals surface area (Å²) >= 11 is 1.73. The van der Waals surface area contributed by atoms with Crippen LogP contribution in [0.25, 0.3) is 0 Å². The van der Waals surface area contributed by atoms with E-state index in [2.05, 4.69) is 36.5 Å². The van der Waals surface area contributed by atoms with Crippen LogP contribution < -0.4 is 10.1 Å². The summed E-state index contributed by atoms with van der Waals surface area (Å²) in [6.45, 7) is 2.69. The molecule has 0 aliphatic rings. The minimum atomic E-state index is -0.100. The number of carbonyl (C=O) groups is 1. The van der Waals surface area contributed by atoms with Gasteiger partial charge < -0.3 is 10.1 Å². The Bertz CT molecular complexity index is 596. The van der Waals surface area contributed by atoms with Gasteiger partial charge in [-0.15, -0.1) is 11.8 Å². The molecule has 21 heavy (non-hydrogen) atoms. The number of benzene rings is 2. The third-order valence-corrected chi connectivity index (χ3v) is 4.04. The van der Waals surface area contributed by atoms with Gasteiger partial charge in [0.1, 0.15) is 5.75 Å². The molecule has 0 saturated heterocycles. The molecule has 0 aliphatic heterocycles. The van der Waals surface area contributed by atoms with E-state index in [0.717, 1.165) is 5.75 Å². The van der Waals surface area contributed by atoms with Gasteiger partial charge in [-0.1, -0.05) is 29.8 Å². The van der Waals surface area contributed by atoms with Crippen molar-refractivity contribution in [2.75, 3.05) is 19.4 Å². The molecule has 3 nitrogen and oxygen atoms in total. The van der Waals surface area contributed by atoms with Crippen molar-refractivity contribution in [3.8, 4) is 5.75 Å². The molecule has 0 atom stereocenters. The number of rotatable bonds is 6. The fourth-order valence-electron chi connectivity index (χ4n) is 1.90. The molecule has 0 aliphatic carbocycles. The fraction of sp³-hybridized carbons (Fsp3) is 0.235. The van der Waals surface area contributed by atoms with Crippen molar-refractivity contribution in [3.05, 3.63) is 59.7 Å². The van der Waals surface area contributed by atoms with Crippen LogP contribution in [0.1, 0.15) is 15.9 Å². The Labute approximate surface area is 129 Å². The number of carbonyl (C=O) groups excluding carboxylic acids is 1. The maximum Gasteiger partial charge on any atom is 0.255 e. The van der Waals surface area contributed by atoms with E-state index >= 15 is 0 Å². The lowest BCUT2D eigenvalue weighted by molar-refractivity contribution is 0.0953. The van der Waals surface area contributed by atoms with Gasteiger partial charge in [-0.3, -0.25) is 4.79 Å². The summed E-state index contributed by atoms with van der Waals surface area (Å²) in [7, 11) is 1.57. The molecule has 2 aromatic rings. The van der Waals surface area contributed by atoms with Crippen molar-refractivity contribution in [2.24, 2.45) is 0 Å². The number of methoxy groups -OCH3 is 1. The maximum atomic E-state index is 12.1. The molecule has 0 heterocycles. The fourth-order valence-corrected chi connectivity index (χ4v) is 2.66. The summed E-state index contributed by atoms with van der Waals surface area (Å²) in [6.07, 6.45) is 0. The predicted molar refractivity (Wildman–Crippen MR) is 87.2 cm³/mol. The number of nitrogens with one attached hydrogen (secondary N) is 1. The lowest BCUT2D eigenvalue weighted by Gasteiger charge is -2.09. The van der Waals surface area contributed by atoms with Crippen molar-refractivity contribution in [3.63, 3.8) is 0 Å². The highest BCUT2D eigenvalue weighted by molar-refractivity contribution is 7.99. The Morgan fingerprint density at radius 3 is 2.57 bits per heavy atom. The molecule has 110 valence electrons. The number of ether oxygens (including phenoxy) is 1. The van der Waals surface area contributed by atoms with Crippen LogP contribution in [0.2, 0.25) is 0 Å². The second-order valence-electron chi connectivity index (χ2n) is 4.62. The molecule has 2 rings (SSSR count). The first kappa shape index (κ1) is 15.4. The van der Waals surface area contributed by atoms with Gasteiger partial charge in [-0.05, 0) is 31.2 Å². The molecule has 0 radical (unpaired) electrons. The molecule has 0 aromatic heterocycles. The molecule has 0 saturated carbocycles. The molecule has 0 spiro atoms. The quantitative estimate of drug-likeness (QED) is 0.655. The van der Waals surface area contributed by atoms with E-state index in [-0.39, 0.29) is 5.91 Å². The van der Waals surface area contributed by atoms with Gasteiger partial charge >= 0.3 is 0 Å². The van der Waals surface area contributed by atoms with Gasteiger partial charge in [0.05, 0.1) is 12.7 Å². The lowest BCUT2D eigenvalue weighted by atomic mass is 10.2. The number of hydrogen-bond donors (Lipinski definition) is 1. The minimum Gasteiger partial charge on any atom is -0.496 e. The molecule has 4 heteroatoms. The number of aryl methyl sites for hydroxylation is 1.